The van der Waals surface area contributed by atoms with Crippen molar-refractivity contribution in [1.82, 2.24) is 5.32 Å². The van der Waals surface area contributed by atoms with E-state index in [-0.39, 0.29) is 18.1 Å². The minimum absolute atomic E-state index is 0.00419. The summed E-state index contributed by atoms with van der Waals surface area (Å²) in [6.07, 6.45) is 0.852. The second-order valence-corrected chi connectivity index (χ2v) is 5.34. The molecular weight excluding hydrogens is 318 g/mol. The van der Waals surface area contributed by atoms with Gasteiger partial charge < -0.3 is 10.1 Å². The van der Waals surface area contributed by atoms with Gasteiger partial charge in [0.1, 0.15) is 5.75 Å². The summed E-state index contributed by atoms with van der Waals surface area (Å²) < 4.78 is 5.37. The van der Waals surface area contributed by atoms with E-state index in [0.29, 0.717) is 16.1 Å². The molecule has 0 aromatic heterocycles. The van der Waals surface area contributed by atoms with E-state index in [1.165, 1.54) is 0 Å². The molecule has 1 atom stereocenters. The molecule has 1 aromatic carbocycles. The van der Waals surface area contributed by atoms with Crippen molar-refractivity contribution < 1.29 is 9.53 Å². The standard InChI is InChI=1S/C13H17BrClNO2/c1-3-13(2,9-14)16-12(17)8-18-11-6-4-10(15)5-7-11/h4-7H,3,8-9H2,1-2H3,(H,16,17). The third-order valence-electron chi connectivity index (χ3n) is 2.70. The minimum Gasteiger partial charge on any atom is -0.484 e. The van der Waals surface area contributed by atoms with E-state index in [9.17, 15) is 4.79 Å². The van der Waals surface area contributed by atoms with Crippen molar-refractivity contribution in [2.75, 3.05) is 11.9 Å². The maximum Gasteiger partial charge on any atom is 0.258 e. The minimum atomic E-state index is -0.236. The molecule has 0 bridgehead atoms. The molecular formula is C13H17BrClNO2. The number of carbonyl (C=O) groups excluding carboxylic acids is 1. The van der Waals surface area contributed by atoms with Crippen LogP contribution in [0.1, 0.15) is 20.3 Å². The molecule has 0 aliphatic heterocycles. The smallest absolute Gasteiger partial charge is 0.258 e. The van der Waals surface area contributed by atoms with Crippen LogP contribution in [0, 0.1) is 0 Å². The Kier molecular flexibility index (Phi) is 5.96. The summed E-state index contributed by atoms with van der Waals surface area (Å²) in [6.45, 7) is 4.02. The van der Waals surface area contributed by atoms with Gasteiger partial charge >= 0.3 is 0 Å². The lowest BCUT2D eigenvalue weighted by Crippen LogP contribution is -2.48. The molecule has 1 amide bonds. The molecule has 18 heavy (non-hydrogen) atoms. The number of amides is 1. The first-order chi connectivity index (χ1) is 8.49. The Labute approximate surface area is 121 Å². The Morgan fingerprint density at radius 2 is 2.06 bits per heavy atom. The lowest BCUT2D eigenvalue weighted by molar-refractivity contribution is -0.124. The van der Waals surface area contributed by atoms with Crippen molar-refractivity contribution in [2.24, 2.45) is 0 Å². The monoisotopic (exact) mass is 333 g/mol. The Hall–Kier alpha value is -0.740. The van der Waals surface area contributed by atoms with E-state index < -0.39 is 0 Å². The SMILES string of the molecule is CCC(C)(CBr)NC(=O)COc1ccc(Cl)cc1. The molecule has 100 valence electrons. The number of hydrogen-bond donors (Lipinski definition) is 1. The molecule has 0 heterocycles. The average molecular weight is 335 g/mol. The van der Waals surface area contributed by atoms with Gasteiger partial charge in [0.2, 0.25) is 0 Å². The highest BCUT2D eigenvalue weighted by atomic mass is 79.9. The van der Waals surface area contributed by atoms with E-state index >= 15 is 0 Å². The number of ether oxygens (including phenoxy) is 1. The van der Waals surface area contributed by atoms with Crippen LogP contribution in [0.15, 0.2) is 24.3 Å². The Morgan fingerprint density at radius 3 is 2.56 bits per heavy atom. The highest BCUT2D eigenvalue weighted by Gasteiger charge is 2.22. The zero-order valence-electron chi connectivity index (χ0n) is 10.5. The number of rotatable bonds is 6. The summed E-state index contributed by atoms with van der Waals surface area (Å²) in [5.41, 5.74) is -0.236. The van der Waals surface area contributed by atoms with E-state index in [0.717, 1.165) is 6.42 Å². The number of benzene rings is 1. The van der Waals surface area contributed by atoms with Gasteiger partial charge in [-0.25, -0.2) is 0 Å². The second kappa shape index (κ2) is 7.00. The highest BCUT2D eigenvalue weighted by Crippen LogP contribution is 2.16. The van der Waals surface area contributed by atoms with Crippen molar-refractivity contribution >= 4 is 33.4 Å². The number of nitrogens with one attached hydrogen (secondary N) is 1. The Morgan fingerprint density at radius 1 is 1.44 bits per heavy atom. The summed E-state index contributed by atoms with van der Waals surface area (Å²) in [7, 11) is 0. The molecule has 0 aliphatic carbocycles. The largest absolute Gasteiger partial charge is 0.484 e. The Balaban J connectivity index is 2.44. The van der Waals surface area contributed by atoms with E-state index in [1.54, 1.807) is 24.3 Å². The molecule has 1 aromatic rings. The van der Waals surface area contributed by atoms with Crippen LogP contribution in [0.4, 0.5) is 0 Å². The third-order valence-corrected chi connectivity index (χ3v) is 4.19. The summed E-state index contributed by atoms with van der Waals surface area (Å²) in [5, 5.41) is 4.29. The zero-order chi connectivity index (χ0) is 13.6. The molecule has 0 fully saturated rings. The van der Waals surface area contributed by atoms with Crippen LogP contribution in [0.25, 0.3) is 0 Å². The first kappa shape index (κ1) is 15.3. The van der Waals surface area contributed by atoms with Gasteiger partial charge in [-0.2, -0.15) is 0 Å². The number of hydrogen-bond acceptors (Lipinski definition) is 2. The van der Waals surface area contributed by atoms with Crippen molar-refractivity contribution in [2.45, 2.75) is 25.8 Å². The third kappa shape index (κ3) is 4.86. The van der Waals surface area contributed by atoms with Crippen LogP contribution in [0.5, 0.6) is 5.75 Å². The predicted octanol–water partition coefficient (Wildman–Crippen LogP) is 3.40. The summed E-state index contributed by atoms with van der Waals surface area (Å²) in [4.78, 5) is 11.7. The number of carbonyl (C=O) groups is 1. The molecule has 5 heteroatoms. The molecule has 1 rings (SSSR count). The molecule has 0 spiro atoms. The van der Waals surface area contributed by atoms with Gasteiger partial charge in [-0.15, -0.1) is 0 Å². The lowest BCUT2D eigenvalue weighted by Gasteiger charge is -2.27. The highest BCUT2D eigenvalue weighted by molar-refractivity contribution is 9.09. The number of alkyl halides is 1. The van der Waals surface area contributed by atoms with Crippen molar-refractivity contribution in [3.05, 3.63) is 29.3 Å². The molecule has 0 radical (unpaired) electrons. The van der Waals surface area contributed by atoms with Gasteiger partial charge in [0.15, 0.2) is 6.61 Å². The second-order valence-electron chi connectivity index (χ2n) is 4.34. The maximum absolute atomic E-state index is 11.7. The summed E-state index contributed by atoms with van der Waals surface area (Å²) in [6, 6.07) is 6.92. The van der Waals surface area contributed by atoms with Gasteiger partial charge in [0.25, 0.3) is 5.91 Å². The zero-order valence-corrected chi connectivity index (χ0v) is 12.8. The van der Waals surface area contributed by atoms with Crippen LogP contribution < -0.4 is 10.1 Å². The fraction of sp³-hybridized carbons (Fsp3) is 0.462. The van der Waals surface area contributed by atoms with Crippen LogP contribution in [0.3, 0.4) is 0 Å². The first-order valence-corrected chi connectivity index (χ1v) is 7.24. The fourth-order valence-corrected chi connectivity index (χ4v) is 1.93. The van der Waals surface area contributed by atoms with Crippen molar-refractivity contribution in [1.29, 1.82) is 0 Å². The van der Waals surface area contributed by atoms with Gasteiger partial charge in [-0.3, -0.25) is 4.79 Å². The van der Waals surface area contributed by atoms with Gasteiger partial charge in [0, 0.05) is 15.9 Å². The van der Waals surface area contributed by atoms with Crippen LogP contribution in [0.2, 0.25) is 5.02 Å². The number of halogens is 2. The quantitative estimate of drug-likeness (QED) is 0.810. The predicted molar refractivity (Wildman–Crippen MR) is 77.6 cm³/mol. The van der Waals surface area contributed by atoms with E-state index in [2.05, 4.69) is 21.2 Å². The summed E-state index contributed by atoms with van der Waals surface area (Å²) >= 11 is 9.15. The maximum atomic E-state index is 11.7. The first-order valence-electron chi connectivity index (χ1n) is 5.74. The normalized spacial score (nSPS) is 13.8. The van der Waals surface area contributed by atoms with E-state index in [4.69, 9.17) is 16.3 Å². The molecule has 0 aliphatic rings. The lowest BCUT2D eigenvalue weighted by atomic mass is 10.0. The van der Waals surface area contributed by atoms with Crippen LogP contribution >= 0.6 is 27.5 Å². The molecule has 0 saturated heterocycles. The fourth-order valence-electron chi connectivity index (χ4n) is 1.27. The molecule has 1 unspecified atom stereocenters. The van der Waals surface area contributed by atoms with E-state index in [1.807, 2.05) is 13.8 Å². The van der Waals surface area contributed by atoms with Gasteiger partial charge in [-0.05, 0) is 37.6 Å². The van der Waals surface area contributed by atoms with Crippen LogP contribution in [-0.4, -0.2) is 23.4 Å². The Bertz CT molecular complexity index is 390. The van der Waals surface area contributed by atoms with Crippen molar-refractivity contribution in [3.8, 4) is 5.75 Å². The molecule has 0 saturated carbocycles. The van der Waals surface area contributed by atoms with Crippen LogP contribution in [-0.2, 0) is 4.79 Å². The van der Waals surface area contributed by atoms with Gasteiger partial charge in [-0.1, -0.05) is 34.5 Å². The van der Waals surface area contributed by atoms with Crippen molar-refractivity contribution in [3.63, 3.8) is 0 Å². The molecule has 1 N–H and O–H groups in total. The van der Waals surface area contributed by atoms with Gasteiger partial charge in [0.05, 0.1) is 0 Å². The summed E-state index contributed by atoms with van der Waals surface area (Å²) in [5.74, 6) is 0.500. The average Bonchev–Trinajstić information content (AvgIpc) is 2.38. The molecule has 3 nitrogen and oxygen atoms in total. The topological polar surface area (TPSA) is 38.3 Å².